The molecule has 1 unspecified atom stereocenters. The molecule has 1 radical (unpaired) electrons. The molecule has 0 saturated carbocycles. The van der Waals surface area contributed by atoms with Crippen LogP contribution in [-0.4, -0.2) is 0 Å². The van der Waals surface area contributed by atoms with Crippen molar-refractivity contribution in [2.45, 2.75) is 6.04 Å². The highest BCUT2D eigenvalue weighted by Gasteiger charge is 1.99. The molecule has 0 spiro atoms. The molecule has 0 aliphatic carbocycles. The van der Waals surface area contributed by atoms with Gasteiger partial charge >= 0.3 is 0 Å². The van der Waals surface area contributed by atoms with Gasteiger partial charge in [-0.1, -0.05) is 66.7 Å². The minimum Gasteiger partial charge on any atom is -0.321 e. The van der Waals surface area contributed by atoms with E-state index >= 15 is 0 Å². The van der Waals surface area contributed by atoms with Crippen molar-refractivity contribution in [2.75, 3.05) is 0 Å². The van der Waals surface area contributed by atoms with Crippen molar-refractivity contribution in [3.8, 4) is 0 Å². The summed E-state index contributed by atoms with van der Waals surface area (Å²) < 4.78 is 0. The van der Waals surface area contributed by atoms with Crippen molar-refractivity contribution in [1.29, 1.82) is 0 Å². The maximum atomic E-state index is 6.04. The highest BCUT2D eigenvalue weighted by molar-refractivity contribution is 5.50. The Hall–Kier alpha value is -1.86. The maximum absolute atomic E-state index is 6.04. The Morgan fingerprint density at radius 3 is 2.38 bits per heavy atom. The minimum atomic E-state index is -0.0604. The summed E-state index contributed by atoms with van der Waals surface area (Å²) in [5.74, 6) is 0. The summed E-state index contributed by atoms with van der Waals surface area (Å²) in [6.07, 6.45) is 4.05. The van der Waals surface area contributed by atoms with E-state index in [1.54, 1.807) is 0 Å². The Kier molecular flexibility index (Phi) is 3.52. The second-order valence-electron chi connectivity index (χ2n) is 3.63. The third kappa shape index (κ3) is 2.81. The van der Waals surface area contributed by atoms with Gasteiger partial charge in [-0.2, -0.15) is 0 Å². The van der Waals surface area contributed by atoms with Gasteiger partial charge < -0.3 is 5.73 Å². The SMILES string of the molecule is NC(C=Cc1ccccc1)c1cc[c]cc1. The summed E-state index contributed by atoms with van der Waals surface area (Å²) in [6, 6.07) is 20.8. The molecule has 2 N–H and O–H groups in total. The zero-order chi connectivity index (χ0) is 11.2. The summed E-state index contributed by atoms with van der Waals surface area (Å²) in [7, 11) is 0. The first-order valence-electron chi connectivity index (χ1n) is 5.31. The van der Waals surface area contributed by atoms with E-state index in [1.165, 1.54) is 5.56 Å². The normalized spacial score (nSPS) is 12.8. The van der Waals surface area contributed by atoms with Gasteiger partial charge in [0.05, 0.1) is 0 Å². The van der Waals surface area contributed by atoms with Crippen LogP contribution in [0.5, 0.6) is 0 Å². The van der Waals surface area contributed by atoms with Crippen LogP contribution in [0.3, 0.4) is 0 Å². The Balaban J connectivity index is 2.08. The lowest BCUT2D eigenvalue weighted by atomic mass is 10.1. The lowest BCUT2D eigenvalue weighted by molar-refractivity contribution is 0.916. The summed E-state index contributed by atoms with van der Waals surface area (Å²) in [4.78, 5) is 0. The minimum absolute atomic E-state index is 0.0604. The van der Waals surface area contributed by atoms with E-state index in [0.717, 1.165) is 5.56 Å². The fraction of sp³-hybridized carbons (Fsp3) is 0.0667. The lowest BCUT2D eigenvalue weighted by Crippen LogP contribution is -2.06. The Bertz CT molecular complexity index is 445. The number of hydrogen-bond donors (Lipinski definition) is 1. The van der Waals surface area contributed by atoms with E-state index in [9.17, 15) is 0 Å². The van der Waals surface area contributed by atoms with Gasteiger partial charge in [0.25, 0.3) is 0 Å². The van der Waals surface area contributed by atoms with E-state index in [2.05, 4.69) is 18.2 Å². The van der Waals surface area contributed by atoms with Crippen LogP contribution in [0.4, 0.5) is 0 Å². The molecule has 0 aliphatic heterocycles. The molecule has 1 nitrogen and oxygen atoms in total. The van der Waals surface area contributed by atoms with Crippen LogP contribution >= 0.6 is 0 Å². The highest BCUT2D eigenvalue weighted by Crippen LogP contribution is 2.12. The number of benzene rings is 2. The summed E-state index contributed by atoms with van der Waals surface area (Å²) in [5.41, 5.74) is 8.31. The van der Waals surface area contributed by atoms with Crippen molar-refractivity contribution in [1.82, 2.24) is 0 Å². The van der Waals surface area contributed by atoms with E-state index < -0.39 is 0 Å². The summed E-state index contributed by atoms with van der Waals surface area (Å²) >= 11 is 0. The van der Waals surface area contributed by atoms with Crippen LogP contribution in [0, 0.1) is 6.07 Å². The third-order valence-corrected chi connectivity index (χ3v) is 2.42. The van der Waals surface area contributed by atoms with Crippen molar-refractivity contribution >= 4 is 6.08 Å². The predicted molar refractivity (Wildman–Crippen MR) is 67.7 cm³/mol. The molecule has 0 aliphatic rings. The quantitative estimate of drug-likeness (QED) is 0.823. The number of hydrogen-bond acceptors (Lipinski definition) is 1. The molecule has 2 aromatic carbocycles. The van der Waals surface area contributed by atoms with Crippen LogP contribution in [0.25, 0.3) is 6.08 Å². The van der Waals surface area contributed by atoms with E-state index in [1.807, 2.05) is 54.6 Å². The van der Waals surface area contributed by atoms with Crippen molar-refractivity contribution in [3.63, 3.8) is 0 Å². The van der Waals surface area contributed by atoms with Gasteiger partial charge in [-0.05, 0) is 17.2 Å². The third-order valence-electron chi connectivity index (χ3n) is 2.42. The van der Waals surface area contributed by atoms with Crippen LogP contribution < -0.4 is 5.73 Å². The van der Waals surface area contributed by atoms with Gasteiger partial charge in [0.15, 0.2) is 0 Å². The number of rotatable bonds is 3. The van der Waals surface area contributed by atoms with Gasteiger partial charge in [-0.15, -0.1) is 0 Å². The molecular formula is C15H14N. The van der Waals surface area contributed by atoms with Crippen LogP contribution in [0.1, 0.15) is 17.2 Å². The van der Waals surface area contributed by atoms with Gasteiger partial charge in [0, 0.05) is 6.04 Å². The Morgan fingerprint density at radius 1 is 1.00 bits per heavy atom. The van der Waals surface area contributed by atoms with Crippen molar-refractivity contribution in [3.05, 3.63) is 77.9 Å². The molecule has 0 bridgehead atoms. The molecule has 2 aromatic rings. The van der Waals surface area contributed by atoms with Crippen molar-refractivity contribution < 1.29 is 0 Å². The molecule has 0 fully saturated rings. The van der Waals surface area contributed by atoms with Gasteiger partial charge in [-0.3, -0.25) is 0 Å². The van der Waals surface area contributed by atoms with E-state index in [4.69, 9.17) is 5.73 Å². The second-order valence-corrected chi connectivity index (χ2v) is 3.63. The Morgan fingerprint density at radius 2 is 1.69 bits per heavy atom. The maximum Gasteiger partial charge on any atom is 0.0484 e. The molecule has 79 valence electrons. The second kappa shape index (κ2) is 5.29. The van der Waals surface area contributed by atoms with Crippen LogP contribution in [0.2, 0.25) is 0 Å². The summed E-state index contributed by atoms with van der Waals surface area (Å²) in [6.45, 7) is 0. The molecule has 1 atom stereocenters. The zero-order valence-electron chi connectivity index (χ0n) is 9.01. The van der Waals surface area contributed by atoms with Crippen molar-refractivity contribution in [2.24, 2.45) is 5.73 Å². The number of nitrogens with two attached hydrogens (primary N) is 1. The van der Waals surface area contributed by atoms with Gasteiger partial charge in [-0.25, -0.2) is 0 Å². The molecule has 0 heterocycles. The van der Waals surface area contributed by atoms with Gasteiger partial charge in [0.2, 0.25) is 0 Å². The fourth-order valence-corrected chi connectivity index (χ4v) is 1.51. The standard InChI is InChI=1S/C15H14N/c16-15(14-9-5-2-6-10-14)12-11-13-7-3-1-4-8-13/h1,3-12,15H,16H2. The molecule has 2 rings (SSSR count). The molecule has 0 saturated heterocycles. The first kappa shape index (κ1) is 10.7. The molecule has 1 heteroatoms. The molecule has 0 aromatic heterocycles. The first-order valence-corrected chi connectivity index (χ1v) is 5.31. The molecular weight excluding hydrogens is 194 g/mol. The molecule has 16 heavy (non-hydrogen) atoms. The van der Waals surface area contributed by atoms with Crippen LogP contribution in [0.15, 0.2) is 60.7 Å². The largest absolute Gasteiger partial charge is 0.321 e. The smallest absolute Gasteiger partial charge is 0.0484 e. The fourth-order valence-electron chi connectivity index (χ4n) is 1.51. The van der Waals surface area contributed by atoms with E-state index in [-0.39, 0.29) is 6.04 Å². The van der Waals surface area contributed by atoms with Gasteiger partial charge in [0.1, 0.15) is 0 Å². The monoisotopic (exact) mass is 208 g/mol. The lowest BCUT2D eigenvalue weighted by Gasteiger charge is -2.05. The van der Waals surface area contributed by atoms with Crippen LogP contribution in [-0.2, 0) is 0 Å². The van der Waals surface area contributed by atoms with E-state index in [0.29, 0.717) is 0 Å². The summed E-state index contributed by atoms with van der Waals surface area (Å²) in [5, 5.41) is 0. The predicted octanol–water partition coefficient (Wildman–Crippen LogP) is 3.20. The zero-order valence-corrected chi connectivity index (χ0v) is 9.01. The Labute approximate surface area is 96.2 Å². The average Bonchev–Trinajstić information content (AvgIpc) is 2.38. The first-order chi connectivity index (χ1) is 7.86. The molecule has 0 amide bonds. The highest BCUT2D eigenvalue weighted by atomic mass is 14.6. The topological polar surface area (TPSA) is 26.0 Å². The average molecular weight is 208 g/mol.